The molecule has 1 amide bonds. The third-order valence-corrected chi connectivity index (χ3v) is 5.05. The highest BCUT2D eigenvalue weighted by Crippen LogP contribution is 2.37. The zero-order valence-electron chi connectivity index (χ0n) is 11.1. The summed E-state index contributed by atoms with van der Waals surface area (Å²) in [7, 11) is 0. The number of thioether (sulfide) groups is 1. The van der Waals surface area contributed by atoms with Crippen LogP contribution in [0.3, 0.4) is 0 Å². The summed E-state index contributed by atoms with van der Waals surface area (Å²) in [6, 6.07) is 0.116. The molecule has 1 unspecified atom stereocenters. The maximum atomic E-state index is 11.7. The molecule has 0 saturated heterocycles. The third-order valence-electron chi connectivity index (χ3n) is 3.63. The van der Waals surface area contributed by atoms with Crippen molar-refractivity contribution in [3.63, 3.8) is 0 Å². The van der Waals surface area contributed by atoms with Crippen LogP contribution in [0.1, 0.15) is 51.9 Å². The molecule has 0 aliphatic heterocycles. The van der Waals surface area contributed by atoms with Crippen molar-refractivity contribution in [3.8, 4) is 0 Å². The number of carbonyl (C=O) groups is 1. The van der Waals surface area contributed by atoms with Crippen molar-refractivity contribution in [1.29, 1.82) is 0 Å². The van der Waals surface area contributed by atoms with E-state index in [2.05, 4.69) is 11.6 Å². The van der Waals surface area contributed by atoms with Gasteiger partial charge in [-0.25, -0.2) is 0 Å². The summed E-state index contributed by atoms with van der Waals surface area (Å²) in [5.74, 6) is 0.154. The number of hydrogen-bond donors (Lipinski definition) is 2. The first kappa shape index (κ1) is 14.8. The topological polar surface area (TPSA) is 55.1 Å². The average Bonchev–Trinajstić information content (AvgIpc) is 2.35. The molecule has 4 heteroatoms. The Morgan fingerprint density at radius 3 is 2.59 bits per heavy atom. The molecule has 0 bridgehead atoms. The highest BCUT2D eigenvalue weighted by molar-refractivity contribution is 8.00. The lowest BCUT2D eigenvalue weighted by Gasteiger charge is -2.35. The van der Waals surface area contributed by atoms with Crippen molar-refractivity contribution >= 4 is 17.7 Å². The van der Waals surface area contributed by atoms with Crippen molar-refractivity contribution in [1.82, 2.24) is 5.32 Å². The van der Waals surface area contributed by atoms with Crippen LogP contribution in [0.15, 0.2) is 0 Å². The molecular formula is C13H26N2OS. The molecule has 1 aliphatic carbocycles. The number of nitrogens with two attached hydrogens (primary N) is 1. The lowest BCUT2D eigenvalue weighted by Crippen LogP contribution is -2.42. The molecule has 1 atom stereocenters. The molecule has 0 aromatic carbocycles. The number of hydrogen-bond acceptors (Lipinski definition) is 3. The van der Waals surface area contributed by atoms with Crippen molar-refractivity contribution in [3.05, 3.63) is 0 Å². The highest BCUT2D eigenvalue weighted by atomic mass is 32.2. The van der Waals surface area contributed by atoms with Gasteiger partial charge in [0.25, 0.3) is 0 Å². The number of amides is 1. The first-order chi connectivity index (χ1) is 8.08. The molecule has 1 aliphatic rings. The summed E-state index contributed by atoms with van der Waals surface area (Å²) in [6.07, 6.45) is 9.93. The summed E-state index contributed by atoms with van der Waals surface area (Å²) in [6.45, 7) is 2.77. The van der Waals surface area contributed by atoms with Gasteiger partial charge < -0.3 is 11.1 Å². The number of nitrogens with one attached hydrogen (secondary N) is 1. The zero-order chi connectivity index (χ0) is 12.7. The van der Waals surface area contributed by atoms with E-state index >= 15 is 0 Å². The highest BCUT2D eigenvalue weighted by Gasteiger charge is 2.31. The van der Waals surface area contributed by atoms with Gasteiger partial charge in [-0.1, -0.05) is 19.3 Å². The molecule has 3 nitrogen and oxygen atoms in total. The zero-order valence-corrected chi connectivity index (χ0v) is 11.9. The maximum absolute atomic E-state index is 11.7. The van der Waals surface area contributed by atoms with E-state index in [1.165, 1.54) is 32.1 Å². The van der Waals surface area contributed by atoms with Gasteiger partial charge in [0, 0.05) is 23.8 Å². The summed E-state index contributed by atoms with van der Waals surface area (Å²) < 4.78 is 0.294. The molecule has 3 N–H and O–H groups in total. The Bertz CT molecular complexity index is 238. The predicted molar refractivity (Wildman–Crippen MR) is 75.2 cm³/mol. The van der Waals surface area contributed by atoms with Gasteiger partial charge >= 0.3 is 0 Å². The maximum Gasteiger partial charge on any atom is 0.220 e. The molecule has 0 aromatic heterocycles. The number of carbonyl (C=O) groups excluding carboxylic acids is 1. The molecule has 1 rings (SSSR count). The van der Waals surface area contributed by atoms with Crippen LogP contribution in [0.4, 0.5) is 0 Å². The van der Waals surface area contributed by atoms with Gasteiger partial charge in [-0.3, -0.25) is 4.79 Å². The van der Waals surface area contributed by atoms with E-state index in [4.69, 9.17) is 5.73 Å². The Morgan fingerprint density at radius 1 is 1.41 bits per heavy atom. The van der Waals surface area contributed by atoms with Crippen LogP contribution in [-0.2, 0) is 4.79 Å². The molecule has 17 heavy (non-hydrogen) atoms. The Balaban J connectivity index is 2.29. The lowest BCUT2D eigenvalue weighted by atomic mass is 9.88. The molecule has 0 spiro atoms. The fraction of sp³-hybridized carbons (Fsp3) is 0.923. The average molecular weight is 258 g/mol. The van der Waals surface area contributed by atoms with Crippen LogP contribution in [0.5, 0.6) is 0 Å². The second-order valence-corrected chi connectivity index (χ2v) is 6.51. The summed E-state index contributed by atoms with van der Waals surface area (Å²) in [5.41, 5.74) is 5.65. The summed E-state index contributed by atoms with van der Waals surface area (Å²) in [5, 5.41) is 3.08. The van der Waals surface area contributed by atoms with Crippen molar-refractivity contribution in [2.75, 3.05) is 12.8 Å². The van der Waals surface area contributed by atoms with Crippen LogP contribution in [0.2, 0.25) is 0 Å². The Kier molecular flexibility index (Phi) is 6.34. The van der Waals surface area contributed by atoms with E-state index in [0.29, 0.717) is 11.2 Å². The van der Waals surface area contributed by atoms with Gasteiger partial charge in [0.2, 0.25) is 5.91 Å². The lowest BCUT2D eigenvalue weighted by molar-refractivity contribution is -0.121. The van der Waals surface area contributed by atoms with E-state index in [1.807, 2.05) is 18.7 Å². The second-order valence-electron chi connectivity index (χ2n) is 5.24. The molecule has 100 valence electrons. The van der Waals surface area contributed by atoms with Crippen LogP contribution < -0.4 is 11.1 Å². The smallest absolute Gasteiger partial charge is 0.220 e. The standard InChI is InChI=1S/C13H26N2OS/c1-11(14)6-7-12(16)15-10-13(17-2)8-4-3-5-9-13/h11H,3-10,14H2,1-2H3,(H,15,16). The van der Waals surface area contributed by atoms with Gasteiger partial charge in [0.1, 0.15) is 0 Å². The molecule has 1 fully saturated rings. The Hall–Kier alpha value is -0.220. The van der Waals surface area contributed by atoms with Gasteiger partial charge in [-0.2, -0.15) is 11.8 Å². The first-order valence-electron chi connectivity index (χ1n) is 6.65. The summed E-state index contributed by atoms with van der Waals surface area (Å²) in [4.78, 5) is 11.7. The van der Waals surface area contributed by atoms with E-state index in [1.54, 1.807) is 0 Å². The Morgan fingerprint density at radius 2 is 2.06 bits per heavy atom. The fourth-order valence-corrected chi connectivity index (χ4v) is 3.27. The van der Waals surface area contributed by atoms with Crippen molar-refractivity contribution < 1.29 is 4.79 Å². The van der Waals surface area contributed by atoms with Crippen LogP contribution in [0.25, 0.3) is 0 Å². The van der Waals surface area contributed by atoms with Gasteiger partial charge in [-0.15, -0.1) is 0 Å². The third kappa shape index (κ3) is 5.30. The fourth-order valence-electron chi connectivity index (χ4n) is 2.36. The second kappa shape index (κ2) is 7.27. The quantitative estimate of drug-likeness (QED) is 0.768. The van der Waals surface area contributed by atoms with E-state index in [9.17, 15) is 4.79 Å². The minimum absolute atomic E-state index is 0.116. The molecule has 0 aromatic rings. The predicted octanol–water partition coefficient (Wildman–Crippen LogP) is 2.30. The first-order valence-corrected chi connectivity index (χ1v) is 7.88. The SMILES string of the molecule is CSC1(CNC(=O)CCC(C)N)CCCCC1. The van der Waals surface area contributed by atoms with Crippen LogP contribution in [0, 0.1) is 0 Å². The molecule has 0 radical (unpaired) electrons. The molecule has 1 saturated carbocycles. The van der Waals surface area contributed by atoms with Crippen LogP contribution >= 0.6 is 11.8 Å². The Labute approximate surface area is 109 Å². The summed E-state index contributed by atoms with van der Waals surface area (Å²) >= 11 is 1.92. The van der Waals surface area contributed by atoms with Crippen molar-refractivity contribution in [2.45, 2.75) is 62.7 Å². The van der Waals surface area contributed by atoms with Crippen molar-refractivity contribution in [2.24, 2.45) is 5.73 Å². The number of rotatable bonds is 6. The minimum atomic E-state index is 0.116. The monoisotopic (exact) mass is 258 g/mol. The normalized spacial score (nSPS) is 20.9. The minimum Gasteiger partial charge on any atom is -0.355 e. The van der Waals surface area contributed by atoms with Gasteiger partial charge in [0.05, 0.1) is 0 Å². The largest absolute Gasteiger partial charge is 0.355 e. The van der Waals surface area contributed by atoms with E-state index in [0.717, 1.165) is 13.0 Å². The van der Waals surface area contributed by atoms with Crippen LogP contribution in [-0.4, -0.2) is 29.5 Å². The van der Waals surface area contributed by atoms with E-state index < -0.39 is 0 Å². The van der Waals surface area contributed by atoms with E-state index in [-0.39, 0.29) is 11.9 Å². The molecule has 0 heterocycles. The molecular weight excluding hydrogens is 232 g/mol. The van der Waals surface area contributed by atoms with Gasteiger partial charge in [0.15, 0.2) is 0 Å². The van der Waals surface area contributed by atoms with Gasteiger partial charge in [-0.05, 0) is 32.4 Å².